The number of nitrogens with one attached hydrogen (secondary N) is 2. The lowest BCUT2D eigenvalue weighted by molar-refractivity contribution is -0.0807. The third kappa shape index (κ3) is 5.55. The maximum absolute atomic E-state index is 15.3. The van der Waals surface area contributed by atoms with Gasteiger partial charge in [-0.1, -0.05) is 13.8 Å². The van der Waals surface area contributed by atoms with Gasteiger partial charge in [-0.15, -0.1) is 0 Å². The molecule has 3 fully saturated rings. The highest BCUT2D eigenvalue weighted by atomic mass is 19.1. The van der Waals surface area contributed by atoms with Gasteiger partial charge in [-0.25, -0.2) is 14.4 Å². The van der Waals surface area contributed by atoms with Crippen LogP contribution in [0.25, 0.3) is 0 Å². The van der Waals surface area contributed by atoms with E-state index in [1.807, 2.05) is 45.9 Å². The van der Waals surface area contributed by atoms with E-state index < -0.39 is 6.17 Å². The van der Waals surface area contributed by atoms with Crippen LogP contribution in [0.4, 0.5) is 15.9 Å². The first-order valence-electron chi connectivity index (χ1n) is 12.8. The summed E-state index contributed by atoms with van der Waals surface area (Å²) in [6.45, 7) is 10.6. The Morgan fingerprint density at radius 1 is 1.17 bits per heavy atom. The standard InChI is InChI=1S/C25H32FN5O2.C2H6/c1-14-5-17(10-27)23(30-25-9-24(28-15(2)29-25)16-6-19(32)7-16)8-21(14)20-3-4-31(11-22(20)26)18-12-33-13-18;1-2/h5,8-10,16,18-20,22,27,32H,3-4,6-7,11-13H2,1-2H3,(H,28,29,30);1-2H3. The zero-order valence-corrected chi connectivity index (χ0v) is 21.2. The van der Waals surface area contributed by atoms with Gasteiger partial charge in [0.2, 0.25) is 0 Å². The minimum absolute atomic E-state index is 0.165. The molecule has 3 heterocycles. The molecular formula is C27H38FN5O2. The van der Waals surface area contributed by atoms with Crippen molar-refractivity contribution < 1.29 is 14.2 Å². The molecule has 3 N–H and O–H groups in total. The van der Waals surface area contributed by atoms with Crippen molar-refractivity contribution in [3.63, 3.8) is 0 Å². The number of hydrogen-bond acceptors (Lipinski definition) is 7. The molecule has 3 aliphatic rings. The molecule has 1 saturated carbocycles. The normalized spacial score (nSPS) is 26.7. The summed E-state index contributed by atoms with van der Waals surface area (Å²) in [6, 6.07) is 6.24. The van der Waals surface area contributed by atoms with Crippen molar-refractivity contribution in [2.75, 3.05) is 31.6 Å². The fourth-order valence-electron chi connectivity index (χ4n) is 5.25. The van der Waals surface area contributed by atoms with E-state index in [4.69, 9.17) is 10.1 Å². The Labute approximate surface area is 207 Å². The van der Waals surface area contributed by atoms with Gasteiger partial charge in [0.1, 0.15) is 17.8 Å². The Balaban J connectivity index is 0.00000141. The van der Waals surface area contributed by atoms with Gasteiger partial charge in [0.25, 0.3) is 0 Å². The third-order valence-corrected chi connectivity index (χ3v) is 7.35. The van der Waals surface area contributed by atoms with E-state index in [1.54, 1.807) is 0 Å². The quantitative estimate of drug-likeness (QED) is 0.519. The number of halogens is 1. The van der Waals surface area contributed by atoms with E-state index in [9.17, 15) is 5.11 Å². The number of anilines is 2. The molecule has 35 heavy (non-hydrogen) atoms. The molecule has 1 aliphatic carbocycles. The number of aliphatic hydroxyl groups excluding tert-OH is 1. The maximum atomic E-state index is 15.3. The lowest BCUT2D eigenvalue weighted by Gasteiger charge is -2.43. The number of alkyl halides is 1. The zero-order chi connectivity index (χ0) is 25.1. The lowest BCUT2D eigenvalue weighted by Crippen LogP contribution is -2.54. The molecule has 0 spiro atoms. The van der Waals surface area contributed by atoms with Crippen molar-refractivity contribution in [1.82, 2.24) is 14.9 Å². The van der Waals surface area contributed by atoms with E-state index in [0.29, 0.717) is 37.4 Å². The molecule has 1 aromatic carbocycles. The molecule has 7 nitrogen and oxygen atoms in total. The average molecular weight is 484 g/mol. The molecule has 0 radical (unpaired) electrons. The minimum Gasteiger partial charge on any atom is -0.393 e. The van der Waals surface area contributed by atoms with E-state index >= 15 is 4.39 Å². The Morgan fingerprint density at radius 3 is 2.51 bits per heavy atom. The number of rotatable bonds is 6. The van der Waals surface area contributed by atoms with Gasteiger partial charge in [-0.2, -0.15) is 0 Å². The molecule has 1 aromatic heterocycles. The maximum Gasteiger partial charge on any atom is 0.134 e. The monoisotopic (exact) mass is 483 g/mol. The first-order chi connectivity index (χ1) is 16.9. The molecule has 0 bridgehead atoms. The van der Waals surface area contributed by atoms with Crippen LogP contribution in [0.5, 0.6) is 0 Å². The second-order valence-corrected chi connectivity index (χ2v) is 9.71. The first kappa shape index (κ1) is 25.7. The van der Waals surface area contributed by atoms with E-state index in [-0.39, 0.29) is 17.9 Å². The van der Waals surface area contributed by atoms with Crippen molar-refractivity contribution >= 4 is 17.7 Å². The number of nitrogens with zero attached hydrogens (tertiary/aromatic N) is 3. The largest absolute Gasteiger partial charge is 0.393 e. The highest BCUT2D eigenvalue weighted by Gasteiger charge is 2.36. The number of aromatic nitrogens is 2. The van der Waals surface area contributed by atoms with Gasteiger partial charge >= 0.3 is 0 Å². The van der Waals surface area contributed by atoms with Crippen LogP contribution >= 0.6 is 0 Å². The highest BCUT2D eigenvalue weighted by molar-refractivity contribution is 5.88. The predicted octanol–water partition coefficient (Wildman–Crippen LogP) is 4.63. The fraction of sp³-hybridized carbons (Fsp3) is 0.593. The average Bonchev–Trinajstić information content (AvgIpc) is 2.78. The molecule has 2 saturated heterocycles. The van der Waals surface area contributed by atoms with Crippen LogP contribution in [-0.2, 0) is 4.74 Å². The molecule has 2 unspecified atom stereocenters. The van der Waals surface area contributed by atoms with Crippen molar-refractivity contribution in [2.45, 2.75) is 77.1 Å². The van der Waals surface area contributed by atoms with Crippen LogP contribution in [-0.4, -0.2) is 70.8 Å². The van der Waals surface area contributed by atoms with Crippen LogP contribution in [0.15, 0.2) is 18.2 Å². The summed E-state index contributed by atoms with van der Waals surface area (Å²) in [5.41, 5.74) is 4.43. The summed E-state index contributed by atoms with van der Waals surface area (Å²) >= 11 is 0. The van der Waals surface area contributed by atoms with E-state index in [2.05, 4.69) is 20.2 Å². The van der Waals surface area contributed by atoms with Crippen molar-refractivity contribution in [3.8, 4) is 0 Å². The number of likely N-dealkylation sites (tertiary alicyclic amines) is 1. The number of ether oxygens (including phenoxy) is 1. The van der Waals surface area contributed by atoms with Gasteiger partial charge in [-0.05, 0) is 62.9 Å². The van der Waals surface area contributed by atoms with E-state index in [0.717, 1.165) is 53.9 Å². The molecule has 8 heteroatoms. The van der Waals surface area contributed by atoms with Gasteiger partial charge in [0.15, 0.2) is 0 Å². The number of aryl methyl sites for hydroxylation is 2. The second-order valence-electron chi connectivity index (χ2n) is 9.71. The Kier molecular flexibility index (Phi) is 8.14. The first-order valence-corrected chi connectivity index (χ1v) is 12.8. The molecule has 0 amide bonds. The minimum atomic E-state index is -0.935. The Morgan fingerprint density at radius 2 is 1.91 bits per heavy atom. The van der Waals surface area contributed by atoms with Gasteiger partial charge < -0.3 is 20.6 Å². The molecule has 5 rings (SSSR count). The summed E-state index contributed by atoms with van der Waals surface area (Å²) in [7, 11) is 0. The summed E-state index contributed by atoms with van der Waals surface area (Å²) in [4.78, 5) is 11.3. The summed E-state index contributed by atoms with van der Waals surface area (Å²) in [5, 5.41) is 20.9. The van der Waals surface area contributed by atoms with Crippen molar-refractivity contribution in [3.05, 3.63) is 46.4 Å². The van der Waals surface area contributed by atoms with E-state index in [1.165, 1.54) is 6.21 Å². The number of benzene rings is 1. The molecule has 190 valence electrons. The zero-order valence-electron chi connectivity index (χ0n) is 21.2. The second kappa shape index (κ2) is 11.1. The summed E-state index contributed by atoms with van der Waals surface area (Å²) < 4.78 is 20.6. The van der Waals surface area contributed by atoms with Crippen LogP contribution in [0.3, 0.4) is 0 Å². The summed E-state index contributed by atoms with van der Waals surface area (Å²) in [5.74, 6) is 1.41. The van der Waals surface area contributed by atoms with Crippen LogP contribution in [0.1, 0.15) is 73.2 Å². The Bertz CT molecular complexity index is 1040. The smallest absolute Gasteiger partial charge is 0.134 e. The topological polar surface area (TPSA) is 94.4 Å². The molecule has 2 aromatic rings. The number of aliphatic hydroxyl groups is 1. The van der Waals surface area contributed by atoms with Crippen molar-refractivity contribution in [2.24, 2.45) is 0 Å². The van der Waals surface area contributed by atoms with Crippen molar-refractivity contribution in [1.29, 1.82) is 5.41 Å². The molecular weight excluding hydrogens is 445 g/mol. The molecule has 2 atom stereocenters. The summed E-state index contributed by atoms with van der Waals surface area (Å²) in [6.07, 6.45) is 2.35. The predicted molar refractivity (Wildman–Crippen MR) is 137 cm³/mol. The van der Waals surface area contributed by atoms with Crippen LogP contribution < -0.4 is 5.32 Å². The van der Waals surface area contributed by atoms with Gasteiger partial charge in [-0.3, -0.25) is 4.90 Å². The number of hydrogen-bond donors (Lipinski definition) is 3. The third-order valence-electron chi connectivity index (χ3n) is 7.35. The van der Waals surface area contributed by atoms with Gasteiger partial charge in [0, 0.05) is 47.6 Å². The highest BCUT2D eigenvalue weighted by Crippen LogP contribution is 2.38. The number of piperidine rings is 1. The van der Waals surface area contributed by atoms with Crippen LogP contribution in [0, 0.1) is 19.3 Å². The molecule has 2 aliphatic heterocycles. The fourth-order valence-corrected chi connectivity index (χ4v) is 5.25. The lowest BCUT2D eigenvalue weighted by atomic mass is 9.80. The Hall–Kier alpha value is -2.42. The van der Waals surface area contributed by atoms with Gasteiger partial charge in [0.05, 0.1) is 25.4 Å². The van der Waals surface area contributed by atoms with Crippen LogP contribution in [0.2, 0.25) is 0 Å². The SMILES string of the molecule is CC.Cc1nc(Nc2cc(C3CCN(C4COC4)CC3F)c(C)cc2C=N)cc(C2CC(O)C2)n1.